The third-order valence-corrected chi connectivity index (χ3v) is 9.15. The maximum absolute atomic E-state index is 12.8. The minimum atomic E-state index is -0.526. The number of rotatable bonds is 9. The molecule has 2 aromatic heterocycles. The molecule has 0 aliphatic carbocycles. The molecular weight excluding hydrogens is 494 g/mol. The zero-order valence-electron chi connectivity index (χ0n) is 21.6. The number of hydrogen-bond acceptors (Lipinski definition) is 9. The number of thioether (sulfide) groups is 1. The molecule has 198 valence electrons. The van der Waals surface area contributed by atoms with E-state index < -0.39 is 6.23 Å². The van der Waals surface area contributed by atoms with E-state index in [4.69, 9.17) is 4.42 Å². The standard InChI is InChI=1S/C26H39N5O3S2/c1-5-22(32)31-12-6-18(7-13-31)16-30-10-8-19(9-11-30)24(33)29-25-28-15-23(36-25)35-17-21-27-14-20(34-21)26(2,3)4/h5,14-15,18-19,22,32H,1,6-13,16-17H2,2-4H3,(H,28,29,33). The van der Waals surface area contributed by atoms with Gasteiger partial charge in [0.1, 0.15) is 12.0 Å². The fourth-order valence-corrected chi connectivity index (χ4v) is 6.47. The Labute approximate surface area is 222 Å². The summed E-state index contributed by atoms with van der Waals surface area (Å²) in [4.78, 5) is 26.2. The van der Waals surface area contributed by atoms with Gasteiger partial charge in [-0.3, -0.25) is 9.69 Å². The summed E-state index contributed by atoms with van der Waals surface area (Å²) >= 11 is 3.12. The van der Waals surface area contributed by atoms with Crippen LogP contribution in [0, 0.1) is 11.8 Å². The number of aromatic nitrogens is 2. The van der Waals surface area contributed by atoms with Crippen molar-refractivity contribution in [3.05, 3.63) is 36.7 Å². The van der Waals surface area contributed by atoms with Gasteiger partial charge in [0.25, 0.3) is 0 Å². The van der Waals surface area contributed by atoms with Crippen LogP contribution in [0.5, 0.6) is 0 Å². The van der Waals surface area contributed by atoms with Crippen LogP contribution in [0.2, 0.25) is 0 Å². The Morgan fingerprint density at radius 1 is 1.25 bits per heavy atom. The normalized spacial score (nSPS) is 19.9. The van der Waals surface area contributed by atoms with Crippen molar-refractivity contribution in [2.75, 3.05) is 38.0 Å². The van der Waals surface area contributed by atoms with Crippen molar-refractivity contribution in [1.82, 2.24) is 19.8 Å². The van der Waals surface area contributed by atoms with Gasteiger partial charge in [0.15, 0.2) is 5.13 Å². The number of carbonyl (C=O) groups is 1. The number of carbonyl (C=O) groups excluding carboxylic acids is 1. The van der Waals surface area contributed by atoms with Gasteiger partial charge >= 0.3 is 0 Å². The molecule has 0 saturated carbocycles. The smallest absolute Gasteiger partial charge is 0.229 e. The van der Waals surface area contributed by atoms with E-state index in [-0.39, 0.29) is 17.2 Å². The van der Waals surface area contributed by atoms with Gasteiger partial charge < -0.3 is 19.7 Å². The van der Waals surface area contributed by atoms with Gasteiger partial charge in [0.05, 0.1) is 22.4 Å². The van der Waals surface area contributed by atoms with Crippen LogP contribution in [0.1, 0.15) is 58.1 Å². The minimum Gasteiger partial charge on any atom is -0.444 e. The molecule has 1 amide bonds. The first kappa shape index (κ1) is 27.3. The monoisotopic (exact) mass is 533 g/mol. The summed E-state index contributed by atoms with van der Waals surface area (Å²) in [7, 11) is 0. The van der Waals surface area contributed by atoms with Gasteiger partial charge in [-0.05, 0) is 50.8 Å². The zero-order chi connectivity index (χ0) is 25.7. The Morgan fingerprint density at radius 2 is 1.97 bits per heavy atom. The van der Waals surface area contributed by atoms with Gasteiger partial charge in [0.2, 0.25) is 11.8 Å². The molecule has 0 aromatic carbocycles. The summed E-state index contributed by atoms with van der Waals surface area (Å²) in [6, 6.07) is 0. The molecule has 10 heteroatoms. The molecular formula is C26H39N5O3S2. The summed E-state index contributed by atoms with van der Waals surface area (Å²) in [5, 5.41) is 13.6. The topological polar surface area (TPSA) is 94.7 Å². The number of aliphatic hydroxyl groups excluding tert-OH is 1. The number of amides is 1. The van der Waals surface area contributed by atoms with Crippen LogP contribution in [0.4, 0.5) is 5.13 Å². The third kappa shape index (κ3) is 7.41. The summed E-state index contributed by atoms with van der Waals surface area (Å²) in [5.74, 6) is 3.00. The average Bonchev–Trinajstić information content (AvgIpc) is 3.53. The lowest BCUT2D eigenvalue weighted by Gasteiger charge is -2.38. The van der Waals surface area contributed by atoms with Crippen molar-refractivity contribution in [3.8, 4) is 0 Å². The van der Waals surface area contributed by atoms with Crippen molar-refractivity contribution in [3.63, 3.8) is 0 Å². The Kier molecular flexibility index (Phi) is 9.27. The second-order valence-electron chi connectivity index (χ2n) is 10.8. The highest BCUT2D eigenvalue weighted by Crippen LogP contribution is 2.32. The Bertz CT molecular complexity index is 1000. The van der Waals surface area contributed by atoms with Crippen LogP contribution in [0.25, 0.3) is 0 Å². The molecule has 8 nitrogen and oxygen atoms in total. The van der Waals surface area contributed by atoms with E-state index in [0.29, 0.717) is 22.7 Å². The van der Waals surface area contributed by atoms with Gasteiger partial charge in [-0.1, -0.05) is 38.7 Å². The van der Waals surface area contributed by atoms with E-state index in [9.17, 15) is 9.90 Å². The number of nitrogens with zero attached hydrogens (tertiary/aromatic N) is 4. The van der Waals surface area contributed by atoms with E-state index in [2.05, 4.69) is 52.4 Å². The first-order valence-electron chi connectivity index (χ1n) is 12.8. The van der Waals surface area contributed by atoms with Crippen LogP contribution < -0.4 is 5.32 Å². The molecule has 0 bridgehead atoms. The van der Waals surface area contributed by atoms with E-state index in [0.717, 1.165) is 68.4 Å². The maximum Gasteiger partial charge on any atom is 0.229 e. The van der Waals surface area contributed by atoms with Gasteiger partial charge in [-0.15, -0.1) is 11.8 Å². The number of aliphatic hydroxyl groups is 1. The summed E-state index contributed by atoms with van der Waals surface area (Å²) in [5.41, 5.74) is -0.0539. The lowest BCUT2D eigenvalue weighted by atomic mass is 9.92. The number of nitrogens with one attached hydrogen (secondary N) is 1. The van der Waals surface area contributed by atoms with Crippen LogP contribution in [-0.2, 0) is 16.0 Å². The molecule has 1 atom stereocenters. The molecule has 2 fully saturated rings. The number of thiazole rings is 1. The van der Waals surface area contributed by atoms with Crippen LogP contribution in [0.3, 0.4) is 0 Å². The van der Waals surface area contributed by atoms with Crippen LogP contribution in [-0.4, -0.2) is 69.7 Å². The Hall–Kier alpha value is -1.72. The van der Waals surface area contributed by atoms with Crippen molar-refractivity contribution in [2.24, 2.45) is 11.8 Å². The molecule has 36 heavy (non-hydrogen) atoms. The molecule has 2 aliphatic rings. The van der Waals surface area contributed by atoms with E-state index in [1.165, 1.54) is 11.3 Å². The number of piperidine rings is 2. The summed E-state index contributed by atoms with van der Waals surface area (Å²) in [6.45, 7) is 14.8. The highest BCUT2D eigenvalue weighted by molar-refractivity contribution is 8.00. The van der Waals surface area contributed by atoms with E-state index in [1.807, 2.05) is 0 Å². The van der Waals surface area contributed by atoms with Crippen molar-refractivity contribution in [1.29, 1.82) is 0 Å². The lowest BCUT2D eigenvalue weighted by Crippen LogP contribution is -2.45. The predicted molar refractivity (Wildman–Crippen MR) is 145 cm³/mol. The first-order chi connectivity index (χ1) is 17.2. The molecule has 4 heterocycles. The summed E-state index contributed by atoms with van der Waals surface area (Å²) < 4.78 is 6.89. The quantitative estimate of drug-likeness (QED) is 0.357. The van der Waals surface area contributed by atoms with Crippen molar-refractivity contribution >= 4 is 34.1 Å². The highest BCUT2D eigenvalue weighted by atomic mass is 32.2. The minimum absolute atomic E-state index is 0.0361. The van der Waals surface area contributed by atoms with Crippen LogP contribution in [0.15, 0.2) is 33.7 Å². The lowest BCUT2D eigenvalue weighted by molar-refractivity contribution is -0.121. The van der Waals surface area contributed by atoms with E-state index >= 15 is 0 Å². The maximum atomic E-state index is 12.8. The van der Waals surface area contributed by atoms with Crippen LogP contribution >= 0.6 is 23.1 Å². The average molecular weight is 534 g/mol. The Balaban J connectivity index is 1.16. The SMILES string of the molecule is C=CC(O)N1CCC(CN2CCC(C(=O)Nc3ncc(SCc4ncc(C(C)(C)C)o4)s3)CC2)CC1. The second-order valence-corrected chi connectivity index (χ2v) is 13.1. The third-order valence-electron chi connectivity index (χ3n) is 7.05. The number of anilines is 1. The van der Waals surface area contributed by atoms with Gasteiger partial charge in [-0.25, -0.2) is 9.97 Å². The number of hydrogen-bond donors (Lipinski definition) is 2. The summed E-state index contributed by atoms with van der Waals surface area (Å²) in [6.07, 6.45) is 8.65. The molecule has 0 spiro atoms. The number of oxazole rings is 1. The molecule has 2 aliphatic heterocycles. The molecule has 0 radical (unpaired) electrons. The van der Waals surface area contributed by atoms with Crippen molar-refractivity contribution < 1.29 is 14.3 Å². The van der Waals surface area contributed by atoms with E-state index in [1.54, 1.807) is 30.2 Å². The fourth-order valence-electron chi connectivity index (χ4n) is 4.74. The van der Waals surface area contributed by atoms with Gasteiger partial charge in [-0.2, -0.15) is 0 Å². The highest BCUT2D eigenvalue weighted by Gasteiger charge is 2.29. The zero-order valence-corrected chi connectivity index (χ0v) is 23.2. The predicted octanol–water partition coefficient (Wildman–Crippen LogP) is 4.59. The Morgan fingerprint density at radius 3 is 2.61 bits per heavy atom. The molecule has 1 unspecified atom stereocenters. The fraction of sp³-hybridized carbons (Fsp3) is 0.654. The molecule has 2 N–H and O–H groups in total. The number of likely N-dealkylation sites (tertiary alicyclic amines) is 2. The van der Waals surface area contributed by atoms with Crippen molar-refractivity contribution in [2.45, 2.75) is 68.1 Å². The second kappa shape index (κ2) is 12.2. The molecule has 2 aromatic rings. The largest absolute Gasteiger partial charge is 0.444 e. The van der Waals surface area contributed by atoms with Gasteiger partial charge in [0, 0.05) is 31.0 Å². The molecule has 4 rings (SSSR count). The first-order valence-corrected chi connectivity index (χ1v) is 14.6. The molecule has 2 saturated heterocycles.